The Bertz CT molecular complexity index is 1630. The van der Waals surface area contributed by atoms with Gasteiger partial charge in [0.2, 0.25) is 0 Å². The van der Waals surface area contributed by atoms with Crippen LogP contribution < -0.4 is 11.3 Å². The number of aromatic nitrogens is 2. The highest BCUT2D eigenvalue weighted by molar-refractivity contribution is 5.85. The molecule has 1 aromatic heterocycles. The fourth-order valence-electron chi connectivity index (χ4n) is 4.87. The van der Waals surface area contributed by atoms with E-state index in [4.69, 9.17) is 10.7 Å². The number of nitrogens with two attached hydrogens (primary N) is 1. The fraction of sp³-hybridized carbons (Fsp3) is 0.188. The van der Waals surface area contributed by atoms with Crippen molar-refractivity contribution in [3.8, 4) is 5.69 Å². The number of hydrogen-bond donors (Lipinski definition) is 1. The maximum atomic E-state index is 14.1. The smallest absolute Gasteiger partial charge is 0.266 e. The zero-order valence-corrected chi connectivity index (χ0v) is 21.9. The molecule has 3 aromatic carbocycles. The molecule has 2 N–H and O–H groups in total. The van der Waals surface area contributed by atoms with Crippen molar-refractivity contribution >= 4 is 28.2 Å². The fourth-order valence-corrected chi connectivity index (χ4v) is 4.87. The summed E-state index contributed by atoms with van der Waals surface area (Å²) < 4.78 is 29.6. The summed E-state index contributed by atoms with van der Waals surface area (Å²) in [6.07, 6.45) is 6.27. The van der Waals surface area contributed by atoms with Crippen molar-refractivity contribution in [2.75, 3.05) is 5.73 Å². The van der Waals surface area contributed by atoms with Crippen molar-refractivity contribution in [1.29, 1.82) is 0 Å². The molecule has 1 atom stereocenters. The Morgan fingerprint density at radius 2 is 1.82 bits per heavy atom. The van der Waals surface area contributed by atoms with E-state index in [0.29, 0.717) is 46.5 Å². The van der Waals surface area contributed by atoms with Gasteiger partial charge in [-0.1, -0.05) is 50.4 Å². The normalized spacial score (nSPS) is 12.5. The van der Waals surface area contributed by atoms with Gasteiger partial charge in [0.15, 0.2) is 0 Å². The van der Waals surface area contributed by atoms with Crippen LogP contribution in [0.25, 0.3) is 28.2 Å². The molecule has 0 saturated heterocycles. The molecule has 194 valence electrons. The van der Waals surface area contributed by atoms with Gasteiger partial charge in [0.1, 0.15) is 17.5 Å². The topological polar surface area (TPSA) is 60.9 Å². The lowest BCUT2D eigenvalue weighted by Gasteiger charge is -2.23. The highest BCUT2D eigenvalue weighted by Gasteiger charge is 2.23. The van der Waals surface area contributed by atoms with Crippen molar-refractivity contribution in [3.05, 3.63) is 124 Å². The first kappa shape index (κ1) is 26.7. The number of fused-ring (bicyclic) bond motifs is 1. The van der Waals surface area contributed by atoms with Crippen molar-refractivity contribution in [2.45, 2.75) is 39.5 Å². The van der Waals surface area contributed by atoms with E-state index in [1.54, 1.807) is 28.9 Å². The van der Waals surface area contributed by atoms with Crippen LogP contribution in [0.1, 0.15) is 54.3 Å². The lowest BCUT2D eigenvalue weighted by molar-refractivity contribution is 0.564. The number of nitrogens with zero attached hydrogens (tertiary/aromatic N) is 2. The predicted molar refractivity (Wildman–Crippen MR) is 154 cm³/mol. The Kier molecular flexibility index (Phi) is 7.72. The summed E-state index contributed by atoms with van der Waals surface area (Å²) in [7, 11) is 0. The number of nitrogen functional groups attached to an aromatic ring is 1. The molecule has 0 amide bonds. The average Bonchev–Trinajstić information content (AvgIpc) is 2.89. The van der Waals surface area contributed by atoms with Gasteiger partial charge in [-0.3, -0.25) is 9.36 Å². The average molecular weight is 512 g/mol. The van der Waals surface area contributed by atoms with E-state index in [0.717, 1.165) is 28.3 Å². The molecule has 0 unspecified atom stereocenters. The number of rotatable bonds is 8. The van der Waals surface area contributed by atoms with Crippen LogP contribution in [0.2, 0.25) is 0 Å². The van der Waals surface area contributed by atoms with E-state index in [2.05, 4.69) is 13.2 Å². The Labute approximate surface area is 221 Å². The number of anilines is 1. The Balaban J connectivity index is 2.03. The summed E-state index contributed by atoms with van der Waals surface area (Å²) >= 11 is 0. The van der Waals surface area contributed by atoms with E-state index in [9.17, 15) is 13.6 Å². The summed E-state index contributed by atoms with van der Waals surface area (Å²) in [5.74, 6) is -1.14. The molecule has 0 spiro atoms. The maximum Gasteiger partial charge on any atom is 0.266 e. The van der Waals surface area contributed by atoms with E-state index >= 15 is 0 Å². The van der Waals surface area contributed by atoms with Crippen molar-refractivity contribution in [3.63, 3.8) is 0 Å². The number of hydrogen-bond acceptors (Lipinski definition) is 3. The lowest BCUT2D eigenvalue weighted by atomic mass is 9.94. The summed E-state index contributed by atoms with van der Waals surface area (Å²) in [5, 5.41) is 0.438. The number of halogens is 2. The van der Waals surface area contributed by atoms with Gasteiger partial charge in [-0.2, -0.15) is 0 Å². The van der Waals surface area contributed by atoms with Gasteiger partial charge in [0.25, 0.3) is 5.56 Å². The van der Waals surface area contributed by atoms with Gasteiger partial charge in [-0.05, 0) is 84.8 Å². The zero-order chi connectivity index (χ0) is 27.6. The molecule has 0 radical (unpaired) electrons. The van der Waals surface area contributed by atoms with Crippen LogP contribution in [0.5, 0.6) is 0 Å². The first-order valence-electron chi connectivity index (χ1n) is 12.5. The van der Waals surface area contributed by atoms with E-state index < -0.39 is 11.6 Å². The molecular weight excluding hydrogens is 480 g/mol. The third-order valence-electron chi connectivity index (χ3n) is 7.02. The second kappa shape index (κ2) is 11.0. The van der Waals surface area contributed by atoms with Gasteiger partial charge in [-0.25, -0.2) is 13.8 Å². The minimum Gasteiger partial charge on any atom is -0.397 e. The van der Waals surface area contributed by atoms with Gasteiger partial charge in [-0.15, -0.1) is 0 Å². The quantitative estimate of drug-likeness (QED) is 0.197. The first-order valence-corrected chi connectivity index (χ1v) is 12.5. The second-order valence-electron chi connectivity index (χ2n) is 9.29. The van der Waals surface area contributed by atoms with Crippen LogP contribution in [0, 0.1) is 18.6 Å². The highest BCUT2D eigenvalue weighted by atomic mass is 19.1. The van der Waals surface area contributed by atoms with Gasteiger partial charge in [0, 0.05) is 12.0 Å². The van der Waals surface area contributed by atoms with E-state index in [1.165, 1.54) is 12.1 Å². The zero-order valence-electron chi connectivity index (χ0n) is 21.9. The molecule has 0 fully saturated rings. The highest BCUT2D eigenvalue weighted by Crippen LogP contribution is 2.31. The molecule has 4 nitrogen and oxygen atoms in total. The van der Waals surface area contributed by atoms with Crippen LogP contribution >= 0.6 is 0 Å². The third-order valence-corrected chi connectivity index (χ3v) is 7.02. The molecule has 0 saturated carbocycles. The lowest BCUT2D eigenvalue weighted by Crippen LogP contribution is -2.27. The van der Waals surface area contributed by atoms with Crippen molar-refractivity contribution in [2.24, 2.45) is 0 Å². The van der Waals surface area contributed by atoms with Crippen LogP contribution in [0.3, 0.4) is 0 Å². The van der Waals surface area contributed by atoms with Crippen LogP contribution in [-0.2, 0) is 6.42 Å². The molecule has 0 aliphatic rings. The molecule has 1 heterocycles. The molecule has 0 aliphatic carbocycles. The summed E-state index contributed by atoms with van der Waals surface area (Å²) in [6, 6.07) is 12.6. The van der Waals surface area contributed by atoms with Crippen molar-refractivity contribution < 1.29 is 8.78 Å². The molecular formula is C32H31F2N3O. The molecule has 0 bridgehead atoms. The molecule has 4 aromatic rings. The SMILES string of the molecule is C=C/C(=C\C)c1ccc2c(=O)n(-c3ccc(C=C)c(C)c3N)c([C@@H](CC)Cc3cc(F)cc(F)c3)nc2c1. The minimum atomic E-state index is -0.647. The van der Waals surface area contributed by atoms with Crippen LogP contribution in [-0.4, -0.2) is 9.55 Å². The Hall–Kier alpha value is -4.32. The third kappa shape index (κ3) is 4.94. The number of allylic oxidation sites excluding steroid dienone is 3. The van der Waals surface area contributed by atoms with Crippen molar-refractivity contribution in [1.82, 2.24) is 9.55 Å². The largest absolute Gasteiger partial charge is 0.397 e. The molecule has 4 rings (SSSR count). The van der Waals surface area contributed by atoms with Crippen LogP contribution in [0.4, 0.5) is 14.5 Å². The minimum absolute atomic E-state index is 0.265. The molecule has 6 heteroatoms. The Morgan fingerprint density at radius 3 is 2.42 bits per heavy atom. The van der Waals surface area contributed by atoms with Crippen LogP contribution in [0.15, 0.2) is 78.6 Å². The summed E-state index contributed by atoms with van der Waals surface area (Å²) in [6.45, 7) is 13.5. The van der Waals surface area contributed by atoms with E-state index in [-0.39, 0.29) is 11.5 Å². The maximum absolute atomic E-state index is 14.1. The van der Waals surface area contributed by atoms with Gasteiger partial charge >= 0.3 is 0 Å². The van der Waals surface area contributed by atoms with Gasteiger partial charge in [0.05, 0.1) is 22.3 Å². The standard InChI is InChI=1S/C32H31F2N3O/c1-6-21(7-2)24-10-12-27-28(17-24)36-31(23(9-4)14-20-15-25(33)18-26(34)16-20)37(32(27)38)29-13-11-22(8-3)19(5)30(29)35/h6-8,10-13,15-18,23H,1,3,9,14,35H2,2,4-5H3/b21-7+/t23-/m0/s1. The Morgan fingerprint density at radius 1 is 1.11 bits per heavy atom. The number of benzene rings is 3. The first-order chi connectivity index (χ1) is 18.2. The monoisotopic (exact) mass is 511 g/mol. The van der Waals surface area contributed by atoms with E-state index in [1.807, 2.05) is 45.0 Å². The second-order valence-corrected chi connectivity index (χ2v) is 9.29. The summed E-state index contributed by atoms with van der Waals surface area (Å²) in [4.78, 5) is 19.0. The predicted octanol–water partition coefficient (Wildman–Crippen LogP) is 7.52. The molecule has 38 heavy (non-hydrogen) atoms. The van der Waals surface area contributed by atoms with Gasteiger partial charge < -0.3 is 5.73 Å². The molecule has 0 aliphatic heterocycles. The summed E-state index contributed by atoms with van der Waals surface area (Å²) in [5.41, 5.74) is 11.7.